The van der Waals surface area contributed by atoms with Gasteiger partial charge in [-0.05, 0) is 42.3 Å². The molecule has 1 unspecified atom stereocenters. The molecule has 0 aliphatic heterocycles. The maximum Gasteiger partial charge on any atom is 0.137 e. The van der Waals surface area contributed by atoms with Gasteiger partial charge in [0.1, 0.15) is 11.9 Å². The molecule has 15 heavy (non-hydrogen) atoms. The van der Waals surface area contributed by atoms with Crippen molar-refractivity contribution < 1.29 is 9.52 Å². The van der Waals surface area contributed by atoms with Crippen LogP contribution in [0.4, 0.5) is 0 Å². The van der Waals surface area contributed by atoms with Gasteiger partial charge in [0, 0.05) is 5.02 Å². The Morgan fingerprint density at radius 3 is 2.73 bits per heavy atom. The average Bonchev–Trinajstić information content (AvgIpc) is 2.69. The van der Waals surface area contributed by atoms with E-state index in [1.54, 1.807) is 24.5 Å². The Labute approximate surface area is 93.1 Å². The molecule has 2 rings (SSSR count). The molecule has 1 aromatic carbocycles. The second-order valence-corrected chi connectivity index (χ2v) is 3.86. The van der Waals surface area contributed by atoms with Crippen molar-refractivity contribution in [3.05, 3.63) is 58.5 Å². The largest absolute Gasteiger partial charge is 0.466 e. The molecule has 1 aromatic heterocycles. The fourth-order valence-electron chi connectivity index (χ4n) is 1.55. The number of halogens is 1. The lowest BCUT2D eigenvalue weighted by Crippen LogP contribution is -2.00. The SMILES string of the molecule is Cc1cc(Cl)ccc1C(O)c1ccco1. The fourth-order valence-corrected chi connectivity index (χ4v) is 1.77. The molecule has 0 saturated heterocycles. The number of benzene rings is 1. The molecular weight excluding hydrogens is 212 g/mol. The first-order valence-electron chi connectivity index (χ1n) is 4.66. The number of aliphatic hydroxyl groups is 1. The van der Waals surface area contributed by atoms with Crippen molar-refractivity contribution in [2.75, 3.05) is 0 Å². The Balaban J connectivity index is 2.38. The Morgan fingerprint density at radius 1 is 1.33 bits per heavy atom. The van der Waals surface area contributed by atoms with Crippen LogP contribution in [-0.2, 0) is 0 Å². The maximum absolute atomic E-state index is 10.0. The maximum atomic E-state index is 10.0. The smallest absolute Gasteiger partial charge is 0.137 e. The van der Waals surface area contributed by atoms with Crippen LogP contribution in [0.3, 0.4) is 0 Å². The number of rotatable bonds is 2. The summed E-state index contributed by atoms with van der Waals surface area (Å²) in [7, 11) is 0. The fraction of sp³-hybridized carbons (Fsp3) is 0.167. The molecule has 0 saturated carbocycles. The Kier molecular flexibility index (Phi) is 2.80. The highest BCUT2D eigenvalue weighted by Gasteiger charge is 2.15. The topological polar surface area (TPSA) is 33.4 Å². The minimum atomic E-state index is -0.725. The summed E-state index contributed by atoms with van der Waals surface area (Å²) in [4.78, 5) is 0. The van der Waals surface area contributed by atoms with Gasteiger partial charge in [-0.15, -0.1) is 0 Å². The van der Waals surface area contributed by atoms with Gasteiger partial charge in [0.05, 0.1) is 6.26 Å². The van der Waals surface area contributed by atoms with Crippen LogP contribution in [0.15, 0.2) is 41.0 Å². The number of furan rings is 1. The number of hydrogen-bond donors (Lipinski definition) is 1. The van der Waals surface area contributed by atoms with Crippen LogP contribution >= 0.6 is 11.6 Å². The minimum Gasteiger partial charge on any atom is -0.466 e. The summed E-state index contributed by atoms with van der Waals surface area (Å²) in [6.07, 6.45) is 0.821. The third kappa shape index (κ3) is 2.06. The normalized spacial score (nSPS) is 12.7. The van der Waals surface area contributed by atoms with Crippen molar-refractivity contribution in [1.29, 1.82) is 0 Å². The first-order chi connectivity index (χ1) is 7.18. The molecule has 0 aliphatic rings. The number of hydrogen-bond acceptors (Lipinski definition) is 2. The highest BCUT2D eigenvalue weighted by molar-refractivity contribution is 6.30. The van der Waals surface area contributed by atoms with E-state index in [4.69, 9.17) is 16.0 Å². The van der Waals surface area contributed by atoms with Gasteiger partial charge in [0.2, 0.25) is 0 Å². The van der Waals surface area contributed by atoms with Crippen molar-refractivity contribution in [2.24, 2.45) is 0 Å². The first-order valence-corrected chi connectivity index (χ1v) is 5.04. The van der Waals surface area contributed by atoms with Crippen LogP contribution in [-0.4, -0.2) is 5.11 Å². The molecular formula is C12H11ClO2. The Morgan fingerprint density at radius 2 is 2.13 bits per heavy atom. The van der Waals surface area contributed by atoms with E-state index in [0.29, 0.717) is 10.8 Å². The van der Waals surface area contributed by atoms with E-state index >= 15 is 0 Å². The third-order valence-corrected chi connectivity index (χ3v) is 2.57. The van der Waals surface area contributed by atoms with Crippen LogP contribution in [0.5, 0.6) is 0 Å². The predicted molar refractivity (Wildman–Crippen MR) is 59.0 cm³/mol. The van der Waals surface area contributed by atoms with Crippen molar-refractivity contribution in [1.82, 2.24) is 0 Å². The molecule has 2 aromatic rings. The van der Waals surface area contributed by atoms with Gasteiger partial charge in [-0.1, -0.05) is 17.7 Å². The monoisotopic (exact) mass is 222 g/mol. The molecule has 3 heteroatoms. The van der Waals surface area contributed by atoms with E-state index in [1.165, 1.54) is 0 Å². The molecule has 0 fully saturated rings. The van der Waals surface area contributed by atoms with Crippen LogP contribution in [0.1, 0.15) is 23.0 Å². The van der Waals surface area contributed by atoms with Gasteiger partial charge < -0.3 is 9.52 Å². The van der Waals surface area contributed by atoms with Crippen LogP contribution in [0.25, 0.3) is 0 Å². The van der Waals surface area contributed by atoms with E-state index in [2.05, 4.69) is 0 Å². The van der Waals surface area contributed by atoms with E-state index in [1.807, 2.05) is 19.1 Å². The number of aliphatic hydroxyl groups excluding tert-OH is 1. The summed E-state index contributed by atoms with van der Waals surface area (Å²) >= 11 is 5.84. The van der Waals surface area contributed by atoms with Crippen molar-refractivity contribution in [2.45, 2.75) is 13.0 Å². The second-order valence-electron chi connectivity index (χ2n) is 3.42. The molecule has 0 radical (unpaired) electrons. The molecule has 0 bridgehead atoms. The zero-order valence-corrected chi connectivity index (χ0v) is 9.03. The lowest BCUT2D eigenvalue weighted by atomic mass is 10.0. The molecule has 1 heterocycles. The lowest BCUT2D eigenvalue weighted by Gasteiger charge is -2.11. The van der Waals surface area contributed by atoms with Gasteiger partial charge in [-0.2, -0.15) is 0 Å². The van der Waals surface area contributed by atoms with Gasteiger partial charge in [0.15, 0.2) is 0 Å². The lowest BCUT2D eigenvalue weighted by molar-refractivity contribution is 0.188. The van der Waals surface area contributed by atoms with E-state index in [0.717, 1.165) is 11.1 Å². The highest BCUT2D eigenvalue weighted by Crippen LogP contribution is 2.26. The zero-order chi connectivity index (χ0) is 10.8. The molecule has 1 N–H and O–H groups in total. The Hall–Kier alpha value is -1.25. The standard InChI is InChI=1S/C12H11ClO2/c1-8-7-9(13)4-5-10(8)12(14)11-3-2-6-15-11/h2-7,12,14H,1H3. The summed E-state index contributed by atoms with van der Waals surface area (Å²) in [5.74, 6) is 0.542. The second kappa shape index (κ2) is 4.09. The van der Waals surface area contributed by atoms with Gasteiger partial charge in [-0.25, -0.2) is 0 Å². The van der Waals surface area contributed by atoms with Crippen molar-refractivity contribution >= 4 is 11.6 Å². The van der Waals surface area contributed by atoms with Crippen LogP contribution < -0.4 is 0 Å². The molecule has 0 amide bonds. The molecule has 78 valence electrons. The zero-order valence-electron chi connectivity index (χ0n) is 8.27. The van der Waals surface area contributed by atoms with Gasteiger partial charge in [0.25, 0.3) is 0 Å². The van der Waals surface area contributed by atoms with E-state index in [9.17, 15) is 5.11 Å². The summed E-state index contributed by atoms with van der Waals surface area (Å²) in [6.45, 7) is 1.91. The molecule has 0 spiro atoms. The third-order valence-electron chi connectivity index (χ3n) is 2.34. The van der Waals surface area contributed by atoms with Crippen molar-refractivity contribution in [3.63, 3.8) is 0 Å². The molecule has 2 nitrogen and oxygen atoms in total. The first kappa shape index (κ1) is 10.3. The minimum absolute atomic E-state index is 0.542. The summed E-state index contributed by atoms with van der Waals surface area (Å²) < 4.78 is 5.15. The summed E-state index contributed by atoms with van der Waals surface area (Å²) in [6, 6.07) is 8.90. The highest BCUT2D eigenvalue weighted by atomic mass is 35.5. The number of aryl methyl sites for hydroxylation is 1. The summed E-state index contributed by atoms with van der Waals surface area (Å²) in [5.41, 5.74) is 1.76. The van der Waals surface area contributed by atoms with Gasteiger partial charge in [-0.3, -0.25) is 0 Å². The quantitative estimate of drug-likeness (QED) is 0.846. The molecule has 1 atom stereocenters. The van der Waals surface area contributed by atoms with E-state index < -0.39 is 6.10 Å². The predicted octanol–water partition coefficient (Wildman–Crippen LogP) is 3.32. The van der Waals surface area contributed by atoms with Gasteiger partial charge >= 0.3 is 0 Å². The van der Waals surface area contributed by atoms with Crippen molar-refractivity contribution in [3.8, 4) is 0 Å². The van der Waals surface area contributed by atoms with Crippen LogP contribution in [0.2, 0.25) is 5.02 Å². The average molecular weight is 223 g/mol. The Bertz CT molecular complexity index is 449. The molecule has 0 aliphatic carbocycles. The summed E-state index contributed by atoms with van der Waals surface area (Å²) in [5, 5.41) is 10.7. The van der Waals surface area contributed by atoms with Crippen LogP contribution in [0, 0.1) is 6.92 Å². The van der Waals surface area contributed by atoms with E-state index in [-0.39, 0.29) is 0 Å².